The molecule has 13 heavy (non-hydrogen) atoms. The molecule has 0 bridgehead atoms. The molecule has 2 amide bonds. The molecule has 1 heterocycles. The van der Waals surface area contributed by atoms with E-state index in [4.69, 9.17) is 4.74 Å². The highest BCUT2D eigenvalue weighted by Gasteiger charge is 2.21. The molecule has 1 aliphatic rings. The third-order valence-corrected chi connectivity index (χ3v) is 2.57. The second kappa shape index (κ2) is 5.07. The Kier molecular flexibility index (Phi) is 4.02. The fraction of sp³-hybridized carbons (Fsp3) is 0.889. The van der Waals surface area contributed by atoms with Crippen LogP contribution in [0.1, 0.15) is 13.3 Å². The molecule has 4 nitrogen and oxygen atoms in total. The van der Waals surface area contributed by atoms with E-state index in [-0.39, 0.29) is 6.03 Å². The summed E-state index contributed by atoms with van der Waals surface area (Å²) in [4.78, 5) is 10.9. The lowest BCUT2D eigenvalue weighted by Crippen LogP contribution is -2.40. The highest BCUT2D eigenvalue weighted by atomic mass is 16.5. The van der Waals surface area contributed by atoms with Crippen molar-refractivity contribution in [2.24, 2.45) is 11.8 Å². The Morgan fingerprint density at radius 2 is 2.38 bits per heavy atom. The van der Waals surface area contributed by atoms with Crippen LogP contribution in [0.2, 0.25) is 0 Å². The Morgan fingerprint density at radius 3 is 3.00 bits per heavy atom. The lowest BCUT2D eigenvalue weighted by molar-refractivity contribution is 0.0253. The molecule has 1 saturated heterocycles. The van der Waals surface area contributed by atoms with Crippen molar-refractivity contribution in [2.75, 3.05) is 26.8 Å². The van der Waals surface area contributed by atoms with Gasteiger partial charge in [0, 0.05) is 26.8 Å². The molecular formula is C9H18N2O2. The molecule has 76 valence electrons. The van der Waals surface area contributed by atoms with Crippen LogP contribution in [0.5, 0.6) is 0 Å². The molecule has 0 aromatic rings. The first-order valence-electron chi connectivity index (χ1n) is 4.77. The van der Waals surface area contributed by atoms with Gasteiger partial charge < -0.3 is 15.4 Å². The van der Waals surface area contributed by atoms with Crippen molar-refractivity contribution < 1.29 is 9.53 Å². The molecule has 0 saturated carbocycles. The minimum Gasteiger partial charge on any atom is -0.381 e. The number of hydrogen-bond acceptors (Lipinski definition) is 2. The molecule has 1 fully saturated rings. The summed E-state index contributed by atoms with van der Waals surface area (Å²) in [6, 6.07) is -0.0984. The summed E-state index contributed by atoms with van der Waals surface area (Å²) in [6.07, 6.45) is 1.05. The number of hydrogen-bond donors (Lipinski definition) is 2. The van der Waals surface area contributed by atoms with Gasteiger partial charge in [0.2, 0.25) is 0 Å². The molecule has 1 aliphatic heterocycles. The van der Waals surface area contributed by atoms with E-state index in [9.17, 15) is 4.79 Å². The fourth-order valence-corrected chi connectivity index (χ4v) is 1.54. The number of carbonyl (C=O) groups is 1. The van der Waals surface area contributed by atoms with Gasteiger partial charge in [0.25, 0.3) is 0 Å². The Bertz CT molecular complexity index is 173. The zero-order chi connectivity index (χ0) is 9.68. The number of carbonyl (C=O) groups excluding carboxylic acids is 1. The molecule has 0 aromatic carbocycles. The van der Waals surface area contributed by atoms with E-state index in [0.29, 0.717) is 11.8 Å². The lowest BCUT2D eigenvalue weighted by atomic mass is 9.90. The summed E-state index contributed by atoms with van der Waals surface area (Å²) in [5, 5.41) is 5.36. The number of urea groups is 1. The van der Waals surface area contributed by atoms with Crippen LogP contribution in [0, 0.1) is 11.8 Å². The van der Waals surface area contributed by atoms with E-state index in [1.54, 1.807) is 7.05 Å². The number of rotatable bonds is 2. The second-order valence-corrected chi connectivity index (χ2v) is 3.56. The van der Waals surface area contributed by atoms with Gasteiger partial charge in [-0.3, -0.25) is 0 Å². The van der Waals surface area contributed by atoms with E-state index < -0.39 is 0 Å². The molecule has 2 atom stereocenters. The van der Waals surface area contributed by atoms with Gasteiger partial charge in [-0.25, -0.2) is 4.79 Å². The van der Waals surface area contributed by atoms with Crippen LogP contribution >= 0.6 is 0 Å². The van der Waals surface area contributed by atoms with Crippen molar-refractivity contribution in [3.63, 3.8) is 0 Å². The van der Waals surface area contributed by atoms with Crippen molar-refractivity contribution in [1.82, 2.24) is 10.6 Å². The summed E-state index contributed by atoms with van der Waals surface area (Å²) in [7, 11) is 1.63. The molecule has 2 N–H and O–H groups in total. The first-order valence-corrected chi connectivity index (χ1v) is 4.77. The SMILES string of the molecule is CNC(=O)NCC1CCOCC1C. The van der Waals surface area contributed by atoms with Gasteiger partial charge >= 0.3 is 6.03 Å². The minimum absolute atomic E-state index is 0.0984. The fourth-order valence-electron chi connectivity index (χ4n) is 1.54. The zero-order valence-electron chi connectivity index (χ0n) is 8.30. The highest BCUT2D eigenvalue weighted by molar-refractivity contribution is 5.73. The van der Waals surface area contributed by atoms with E-state index in [1.807, 2.05) is 0 Å². The van der Waals surface area contributed by atoms with Gasteiger partial charge in [-0.1, -0.05) is 6.92 Å². The monoisotopic (exact) mass is 186 g/mol. The number of nitrogens with one attached hydrogen (secondary N) is 2. The molecule has 0 aromatic heterocycles. The van der Waals surface area contributed by atoms with Gasteiger partial charge in [-0.15, -0.1) is 0 Å². The average molecular weight is 186 g/mol. The minimum atomic E-state index is -0.0984. The first-order chi connectivity index (χ1) is 6.24. The largest absolute Gasteiger partial charge is 0.381 e. The maximum Gasteiger partial charge on any atom is 0.314 e. The zero-order valence-corrected chi connectivity index (χ0v) is 8.30. The standard InChI is InChI=1S/C9H18N2O2/c1-7-6-13-4-3-8(7)5-11-9(12)10-2/h7-8H,3-6H2,1-2H3,(H2,10,11,12). The van der Waals surface area contributed by atoms with Crippen LogP contribution in [0.25, 0.3) is 0 Å². The van der Waals surface area contributed by atoms with Crippen molar-refractivity contribution in [1.29, 1.82) is 0 Å². The third kappa shape index (κ3) is 3.22. The van der Waals surface area contributed by atoms with Crippen LogP contribution in [0.3, 0.4) is 0 Å². The summed E-state index contributed by atoms with van der Waals surface area (Å²) in [5.41, 5.74) is 0. The average Bonchev–Trinajstić information content (AvgIpc) is 2.16. The van der Waals surface area contributed by atoms with Crippen molar-refractivity contribution in [3.05, 3.63) is 0 Å². The van der Waals surface area contributed by atoms with E-state index in [0.717, 1.165) is 26.2 Å². The summed E-state index contributed by atoms with van der Waals surface area (Å²) in [5.74, 6) is 1.11. The summed E-state index contributed by atoms with van der Waals surface area (Å²) in [6.45, 7) is 4.56. The normalized spacial score (nSPS) is 28.2. The second-order valence-electron chi connectivity index (χ2n) is 3.56. The van der Waals surface area contributed by atoms with Crippen LogP contribution < -0.4 is 10.6 Å². The van der Waals surface area contributed by atoms with Gasteiger partial charge in [0.05, 0.1) is 0 Å². The van der Waals surface area contributed by atoms with Crippen molar-refractivity contribution >= 4 is 6.03 Å². The Labute approximate surface area is 79.0 Å². The first kappa shape index (κ1) is 10.3. The Hall–Kier alpha value is -0.770. The van der Waals surface area contributed by atoms with Gasteiger partial charge in [-0.2, -0.15) is 0 Å². The molecule has 0 spiro atoms. The van der Waals surface area contributed by atoms with Crippen molar-refractivity contribution in [3.8, 4) is 0 Å². The van der Waals surface area contributed by atoms with Gasteiger partial charge in [-0.05, 0) is 18.3 Å². The molecular weight excluding hydrogens is 168 g/mol. The maximum atomic E-state index is 10.9. The van der Waals surface area contributed by atoms with Gasteiger partial charge in [0.1, 0.15) is 0 Å². The van der Waals surface area contributed by atoms with Crippen molar-refractivity contribution in [2.45, 2.75) is 13.3 Å². The molecule has 1 rings (SSSR count). The third-order valence-electron chi connectivity index (χ3n) is 2.57. The Morgan fingerprint density at radius 1 is 1.62 bits per heavy atom. The van der Waals surface area contributed by atoms with E-state index in [2.05, 4.69) is 17.6 Å². The smallest absolute Gasteiger partial charge is 0.314 e. The Balaban J connectivity index is 2.22. The number of amides is 2. The molecule has 0 radical (unpaired) electrons. The quantitative estimate of drug-likeness (QED) is 0.663. The van der Waals surface area contributed by atoms with E-state index in [1.165, 1.54) is 0 Å². The van der Waals surface area contributed by atoms with E-state index >= 15 is 0 Å². The summed E-state index contributed by atoms with van der Waals surface area (Å²) < 4.78 is 5.32. The summed E-state index contributed by atoms with van der Waals surface area (Å²) >= 11 is 0. The van der Waals surface area contributed by atoms with Crippen LogP contribution in [-0.4, -0.2) is 32.8 Å². The lowest BCUT2D eigenvalue weighted by Gasteiger charge is -2.28. The highest BCUT2D eigenvalue weighted by Crippen LogP contribution is 2.20. The van der Waals surface area contributed by atoms with Gasteiger partial charge in [0.15, 0.2) is 0 Å². The molecule has 0 aliphatic carbocycles. The maximum absolute atomic E-state index is 10.9. The number of ether oxygens (including phenoxy) is 1. The van der Waals surface area contributed by atoms with Crippen LogP contribution in [0.4, 0.5) is 4.79 Å². The molecule has 2 unspecified atom stereocenters. The van der Waals surface area contributed by atoms with Crippen LogP contribution in [-0.2, 0) is 4.74 Å². The topological polar surface area (TPSA) is 50.4 Å². The predicted molar refractivity (Wildman–Crippen MR) is 50.5 cm³/mol. The predicted octanol–water partition coefficient (Wildman–Crippen LogP) is 0.588. The molecule has 4 heteroatoms. The van der Waals surface area contributed by atoms with Crippen LogP contribution in [0.15, 0.2) is 0 Å².